The Morgan fingerprint density at radius 1 is 1.62 bits per heavy atom. The first-order valence-corrected chi connectivity index (χ1v) is 4.60. The third-order valence-corrected chi connectivity index (χ3v) is 2.21. The topological polar surface area (TPSA) is 79.7 Å². The minimum absolute atomic E-state index is 0.181. The van der Waals surface area contributed by atoms with Crippen LogP contribution in [0.5, 0.6) is 0 Å². The number of pyridine rings is 1. The first kappa shape index (κ1) is 12.8. The monoisotopic (exact) mass is 249 g/mol. The Balaban J connectivity index is 2.99. The van der Waals surface area contributed by atoms with Crippen LogP contribution >= 0.6 is 11.6 Å². The molecule has 2 N–H and O–H groups in total. The van der Waals surface area contributed by atoms with E-state index in [0.717, 1.165) is 19.4 Å². The summed E-state index contributed by atoms with van der Waals surface area (Å²) in [5.41, 5.74) is -0.181. The van der Waals surface area contributed by atoms with Gasteiger partial charge < -0.3 is 14.9 Å². The fourth-order valence-corrected chi connectivity index (χ4v) is 1.28. The normalized spacial score (nSPS) is 14.3. The van der Waals surface area contributed by atoms with Crippen LogP contribution in [0.4, 0.5) is 4.39 Å². The van der Waals surface area contributed by atoms with Crippen LogP contribution in [-0.4, -0.2) is 34.4 Å². The second kappa shape index (κ2) is 5.20. The van der Waals surface area contributed by atoms with E-state index in [1.165, 1.54) is 0 Å². The molecule has 0 fully saturated rings. The molecule has 0 aliphatic carbocycles. The molecule has 1 aromatic heterocycles. The van der Waals surface area contributed by atoms with Crippen LogP contribution < -0.4 is 0 Å². The fourth-order valence-electron chi connectivity index (χ4n) is 1.07. The van der Waals surface area contributed by atoms with Gasteiger partial charge in [-0.3, -0.25) is 0 Å². The second-order valence-corrected chi connectivity index (χ2v) is 3.30. The molecule has 1 rings (SSSR count). The van der Waals surface area contributed by atoms with Gasteiger partial charge in [0.05, 0.1) is 13.3 Å². The summed E-state index contributed by atoms with van der Waals surface area (Å²) in [5.74, 6) is -1.79. The van der Waals surface area contributed by atoms with Crippen LogP contribution in [0.3, 0.4) is 0 Å². The predicted octanol–water partition coefficient (Wildman–Crippen LogP) is 0.441. The van der Waals surface area contributed by atoms with Crippen molar-refractivity contribution < 1.29 is 24.1 Å². The van der Waals surface area contributed by atoms with Crippen molar-refractivity contribution in [3.8, 4) is 0 Å². The number of ether oxygens (including phenoxy) is 1. The maximum absolute atomic E-state index is 12.8. The fraction of sp³-hybridized carbons (Fsp3) is 0.333. The lowest BCUT2D eigenvalue weighted by atomic mass is 10.1. The van der Waals surface area contributed by atoms with Gasteiger partial charge in [-0.15, -0.1) is 0 Å². The second-order valence-electron chi connectivity index (χ2n) is 2.95. The van der Waals surface area contributed by atoms with Crippen molar-refractivity contribution in [3.63, 3.8) is 0 Å². The number of halogens is 2. The number of aliphatic hydroxyl groups is 2. The number of rotatable bonds is 3. The predicted molar refractivity (Wildman–Crippen MR) is 52.2 cm³/mol. The minimum Gasteiger partial charge on any atom is -0.467 e. The van der Waals surface area contributed by atoms with Gasteiger partial charge in [-0.2, -0.15) is 0 Å². The highest BCUT2D eigenvalue weighted by atomic mass is 35.5. The van der Waals surface area contributed by atoms with Gasteiger partial charge in [-0.05, 0) is 6.07 Å². The summed E-state index contributed by atoms with van der Waals surface area (Å²) in [5, 5.41) is 18.7. The van der Waals surface area contributed by atoms with Crippen molar-refractivity contribution >= 4 is 17.6 Å². The summed E-state index contributed by atoms with van der Waals surface area (Å²) >= 11 is 5.58. The van der Waals surface area contributed by atoms with Crippen LogP contribution in [0, 0.1) is 5.82 Å². The molecule has 0 saturated heterocycles. The number of methoxy groups -OCH3 is 1. The molecule has 0 aliphatic heterocycles. The number of hydrogen-bond acceptors (Lipinski definition) is 5. The first-order chi connectivity index (χ1) is 7.47. The van der Waals surface area contributed by atoms with Crippen molar-refractivity contribution in [2.75, 3.05) is 7.11 Å². The minimum atomic E-state index is -1.84. The number of nitrogens with zero attached hydrogens (tertiary/aromatic N) is 1. The summed E-state index contributed by atoms with van der Waals surface area (Å²) in [6.07, 6.45) is -2.68. The lowest BCUT2D eigenvalue weighted by molar-refractivity contribution is -0.156. The molecule has 0 aromatic carbocycles. The van der Waals surface area contributed by atoms with E-state index in [-0.39, 0.29) is 10.7 Å². The average molecular weight is 250 g/mol. The molecule has 0 amide bonds. The maximum atomic E-state index is 12.8. The van der Waals surface area contributed by atoms with E-state index in [0.29, 0.717) is 0 Å². The summed E-state index contributed by atoms with van der Waals surface area (Å²) in [4.78, 5) is 14.4. The molecular weight excluding hydrogens is 241 g/mol. The standard InChI is InChI=1S/C9H9ClFNO4/c1-16-9(15)7(14)6(13)5-2-4(11)3-12-8(5)10/h2-3,6-7,13-14H,1H3. The molecule has 1 aromatic rings. The van der Waals surface area contributed by atoms with E-state index in [4.69, 9.17) is 11.6 Å². The quantitative estimate of drug-likeness (QED) is 0.600. The number of carbonyl (C=O) groups is 1. The van der Waals surface area contributed by atoms with E-state index in [9.17, 15) is 19.4 Å². The molecule has 0 spiro atoms. The van der Waals surface area contributed by atoms with E-state index < -0.39 is 24.0 Å². The summed E-state index contributed by atoms with van der Waals surface area (Å²) in [6, 6.07) is 0.881. The number of esters is 1. The van der Waals surface area contributed by atoms with E-state index in [1.807, 2.05) is 0 Å². The van der Waals surface area contributed by atoms with Gasteiger partial charge in [-0.25, -0.2) is 14.2 Å². The highest BCUT2D eigenvalue weighted by Gasteiger charge is 2.28. The van der Waals surface area contributed by atoms with Crippen molar-refractivity contribution in [1.82, 2.24) is 4.98 Å². The zero-order chi connectivity index (χ0) is 12.3. The van der Waals surface area contributed by atoms with Gasteiger partial charge in [0, 0.05) is 5.56 Å². The van der Waals surface area contributed by atoms with Crippen LogP contribution in [0.1, 0.15) is 11.7 Å². The van der Waals surface area contributed by atoms with Gasteiger partial charge in [0.25, 0.3) is 0 Å². The van der Waals surface area contributed by atoms with Crippen LogP contribution in [-0.2, 0) is 9.53 Å². The van der Waals surface area contributed by atoms with E-state index in [2.05, 4.69) is 9.72 Å². The lowest BCUT2D eigenvalue weighted by Gasteiger charge is -2.16. The molecule has 0 aliphatic rings. The van der Waals surface area contributed by atoms with Crippen LogP contribution in [0.2, 0.25) is 5.15 Å². The largest absolute Gasteiger partial charge is 0.467 e. The smallest absolute Gasteiger partial charge is 0.337 e. The average Bonchev–Trinajstić information content (AvgIpc) is 2.29. The van der Waals surface area contributed by atoms with Gasteiger partial charge in [-0.1, -0.05) is 11.6 Å². The van der Waals surface area contributed by atoms with Gasteiger partial charge in [0.15, 0.2) is 6.10 Å². The van der Waals surface area contributed by atoms with Crippen LogP contribution in [0.25, 0.3) is 0 Å². The number of aliphatic hydroxyl groups excluding tert-OH is 2. The third-order valence-electron chi connectivity index (χ3n) is 1.89. The van der Waals surface area contributed by atoms with E-state index in [1.54, 1.807) is 0 Å². The highest BCUT2D eigenvalue weighted by molar-refractivity contribution is 6.30. The van der Waals surface area contributed by atoms with Gasteiger partial charge in [0.1, 0.15) is 17.1 Å². The van der Waals surface area contributed by atoms with E-state index >= 15 is 0 Å². The Kier molecular flexibility index (Phi) is 4.17. The zero-order valence-corrected chi connectivity index (χ0v) is 8.98. The number of hydrogen-bond donors (Lipinski definition) is 2. The Bertz CT molecular complexity index is 401. The van der Waals surface area contributed by atoms with Crippen molar-refractivity contribution in [3.05, 3.63) is 28.8 Å². The summed E-state index contributed by atoms with van der Waals surface area (Å²) < 4.78 is 17.0. The molecular formula is C9H9ClFNO4. The molecule has 0 bridgehead atoms. The molecule has 7 heteroatoms. The Labute approximate surface area is 95.4 Å². The molecule has 0 radical (unpaired) electrons. The van der Waals surface area contributed by atoms with Gasteiger partial charge >= 0.3 is 5.97 Å². The molecule has 5 nitrogen and oxygen atoms in total. The molecule has 2 unspecified atom stereocenters. The molecule has 2 atom stereocenters. The maximum Gasteiger partial charge on any atom is 0.337 e. The molecule has 0 saturated carbocycles. The third kappa shape index (κ3) is 2.66. The van der Waals surface area contributed by atoms with Crippen molar-refractivity contribution in [1.29, 1.82) is 0 Å². The molecule has 16 heavy (non-hydrogen) atoms. The first-order valence-electron chi connectivity index (χ1n) is 4.22. The lowest BCUT2D eigenvalue weighted by Crippen LogP contribution is -2.29. The Morgan fingerprint density at radius 3 is 2.81 bits per heavy atom. The summed E-state index contributed by atoms with van der Waals surface area (Å²) in [6.45, 7) is 0. The highest BCUT2D eigenvalue weighted by Crippen LogP contribution is 2.24. The van der Waals surface area contributed by atoms with Crippen LogP contribution in [0.15, 0.2) is 12.3 Å². The number of aromatic nitrogens is 1. The van der Waals surface area contributed by atoms with Gasteiger partial charge in [0.2, 0.25) is 0 Å². The Morgan fingerprint density at radius 2 is 2.25 bits per heavy atom. The number of carbonyl (C=O) groups excluding carboxylic acids is 1. The van der Waals surface area contributed by atoms with Crippen molar-refractivity contribution in [2.45, 2.75) is 12.2 Å². The van der Waals surface area contributed by atoms with Crippen molar-refractivity contribution in [2.24, 2.45) is 0 Å². The molecule has 1 heterocycles. The Hall–Kier alpha value is -1.24. The summed E-state index contributed by atoms with van der Waals surface area (Å²) in [7, 11) is 1.05. The molecule has 88 valence electrons. The zero-order valence-electron chi connectivity index (χ0n) is 8.22. The SMILES string of the molecule is COC(=O)C(O)C(O)c1cc(F)cnc1Cl.